The van der Waals surface area contributed by atoms with Gasteiger partial charge in [-0.25, -0.2) is 4.98 Å². The van der Waals surface area contributed by atoms with Gasteiger partial charge in [0.05, 0.1) is 11.3 Å². The first-order chi connectivity index (χ1) is 11.6. The lowest BCUT2D eigenvalue weighted by Gasteiger charge is -2.02. The molecule has 3 aromatic rings. The summed E-state index contributed by atoms with van der Waals surface area (Å²) in [5.41, 5.74) is 2.75. The minimum Gasteiger partial charge on any atom is -0.235 e. The molecular formula is C18H9Cl3N2S. The van der Waals surface area contributed by atoms with Gasteiger partial charge in [0.2, 0.25) is 0 Å². The third-order valence-corrected chi connectivity index (χ3v) is 5.07. The number of hydrogen-bond donors (Lipinski definition) is 0. The number of aromatic nitrogens is 1. The molecule has 0 saturated heterocycles. The van der Waals surface area contributed by atoms with Crippen LogP contribution in [0.5, 0.6) is 0 Å². The van der Waals surface area contributed by atoms with E-state index < -0.39 is 0 Å². The van der Waals surface area contributed by atoms with E-state index in [0.717, 1.165) is 11.3 Å². The van der Waals surface area contributed by atoms with Crippen LogP contribution in [0, 0.1) is 11.3 Å². The van der Waals surface area contributed by atoms with Crippen molar-refractivity contribution in [2.24, 2.45) is 0 Å². The number of benzene rings is 2. The van der Waals surface area contributed by atoms with Gasteiger partial charge in [0.25, 0.3) is 0 Å². The van der Waals surface area contributed by atoms with Crippen molar-refractivity contribution >= 4 is 57.8 Å². The third-order valence-electron chi connectivity index (χ3n) is 3.28. The predicted octanol–water partition coefficient (Wildman–Crippen LogP) is 6.83. The molecule has 0 amide bonds. The van der Waals surface area contributed by atoms with Gasteiger partial charge in [0.1, 0.15) is 11.1 Å². The molecule has 0 atom stereocenters. The summed E-state index contributed by atoms with van der Waals surface area (Å²) in [5, 5.41) is 13.6. The molecule has 24 heavy (non-hydrogen) atoms. The lowest BCUT2D eigenvalue weighted by Crippen LogP contribution is -1.84. The van der Waals surface area contributed by atoms with Gasteiger partial charge in [0, 0.05) is 31.6 Å². The number of halogens is 3. The van der Waals surface area contributed by atoms with E-state index in [1.54, 1.807) is 36.4 Å². The predicted molar refractivity (Wildman–Crippen MR) is 103 cm³/mol. The molecular weight excluding hydrogens is 383 g/mol. The molecule has 0 aliphatic rings. The van der Waals surface area contributed by atoms with Gasteiger partial charge in [-0.15, -0.1) is 11.3 Å². The topological polar surface area (TPSA) is 36.7 Å². The highest BCUT2D eigenvalue weighted by Crippen LogP contribution is 2.31. The van der Waals surface area contributed by atoms with Crippen molar-refractivity contribution in [3.63, 3.8) is 0 Å². The van der Waals surface area contributed by atoms with E-state index in [9.17, 15) is 5.26 Å². The Morgan fingerprint density at radius 1 is 1.04 bits per heavy atom. The van der Waals surface area contributed by atoms with Crippen LogP contribution in [0.4, 0.5) is 0 Å². The van der Waals surface area contributed by atoms with Crippen molar-refractivity contribution in [3.05, 3.63) is 73.5 Å². The molecule has 0 bridgehead atoms. The molecule has 0 unspecified atom stereocenters. The van der Waals surface area contributed by atoms with Crippen LogP contribution in [-0.2, 0) is 0 Å². The number of hydrogen-bond acceptors (Lipinski definition) is 3. The standard InChI is InChI=1S/C18H9Cl3N2S/c19-13-6-4-11(5-7-13)17-10-24-18(23-17)12(9-22)8-14-15(20)2-1-3-16(14)21/h1-8,10H/b12-8+. The lowest BCUT2D eigenvalue weighted by molar-refractivity contribution is 1.37. The number of nitriles is 1. The van der Waals surface area contributed by atoms with Crippen molar-refractivity contribution < 1.29 is 0 Å². The average molecular weight is 392 g/mol. The van der Waals surface area contributed by atoms with E-state index in [2.05, 4.69) is 11.1 Å². The normalized spacial score (nSPS) is 11.3. The molecule has 6 heteroatoms. The molecule has 118 valence electrons. The SMILES string of the molecule is N#C/C(=C\c1c(Cl)cccc1Cl)c1nc(-c2ccc(Cl)cc2)cs1. The summed E-state index contributed by atoms with van der Waals surface area (Å²) >= 11 is 19.6. The van der Waals surface area contributed by atoms with Gasteiger partial charge < -0.3 is 0 Å². The van der Waals surface area contributed by atoms with Crippen LogP contribution in [0.25, 0.3) is 22.9 Å². The van der Waals surface area contributed by atoms with E-state index in [1.165, 1.54) is 11.3 Å². The van der Waals surface area contributed by atoms with Crippen molar-refractivity contribution in [3.8, 4) is 17.3 Å². The summed E-state index contributed by atoms with van der Waals surface area (Å²) < 4.78 is 0. The Morgan fingerprint density at radius 3 is 2.33 bits per heavy atom. The summed E-state index contributed by atoms with van der Waals surface area (Å²) in [5.74, 6) is 0. The fourth-order valence-electron chi connectivity index (χ4n) is 2.09. The first-order valence-corrected chi connectivity index (χ1v) is 8.87. The first-order valence-electron chi connectivity index (χ1n) is 6.86. The van der Waals surface area contributed by atoms with Gasteiger partial charge in [-0.1, -0.05) is 53.0 Å². The molecule has 1 aromatic heterocycles. The van der Waals surface area contributed by atoms with Crippen LogP contribution in [-0.4, -0.2) is 4.98 Å². The molecule has 2 aromatic carbocycles. The average Bonchev–Trinajstić information content (AvgIpc) is 3.05. The maximum absolute atomic E-state index is 9.48. The smallest absolute Gasteiger partial charge is 0.134 e. The maximum atomic E-state index is 9.48. The van der Waals surface area contributed by atoms with Gasteiger partial charge >= 0.3 is 0 Å². The fraction of sp³-hybridized carbons (Fsp3) is 0. The third kappa shape index (κ3) is 3.63. The Labute approximate surface area is 158 Å². The van der Waals surface area contributed by atoms with Gasteiger partial charge in [-0.3, -0.25) is 0 Å². The largest absolute Gasteiger partial charge is 0.235 e. The number of allylic oxidation sites excluding steroid dienone is 1. The molecule has 1 heterocycles. The summed E-state index contributed by atoms with van der Waals surface area (Å²) in [6.07, 6.45) is 1.66. The highest BCUT2D eigenvalue weighted by molar-refractivity contribution is 7.11. The summed E-state index contributed by atoms with van der Waals surface area (Å²) in [6.45, 7) is 0. The Bertz CT molecular complexity index is 933. The second kappa shape index (κ2) is 7.38. The Kier molecular flexibility index (Phi) is 5.23. The number of thiazole rings is 1. The van der Waals surface area contributed by atoms with Gasteiger partial charge in [-0.05, 0) is 30.3 Å². The van der Waals surface area contributed by atoms with Crippen molar-refractivity contribution in [1.82, 2.24) is 4.98 Å². The molecule has 0 aliphatic heterocycles. The quantitative estimate of drug-likeness (QED) is 0.458. The summed E-state index contributed by atoms with van der Waals surface area (Å²) in [4.78, 5) is 4.54. The van der Waals surface area contributed by atoms with Crippen LogP contribution in [0.3, 0.4) is 0 Å². The van der Waals surface area contributed by atoms with Crippen LogP contribution < -0.4 is 0 Å². The van der Waals surface area contributed by atoms with E-state index in [-0.39, 0.29) is 0 Å². The van der Waals surface area contributed by atoms with Crippen molar-refractivity contribution in [1.29, 1.82) is 5.26 Å². The zero-order valence-electron chi connectivity index (χ0n) is 12.1. The monoisotopic (exact) mass is 390 g/mol. The zero-order chi connectivity index (χ0) is 17.1. The minimum atomic E-state index is 0.412. The molecule has 0 fully saturated rings. The Morgan fingerprint density at radius 2 is 1.71 bits per heavy atom. The Hall–Kier alpha value is -1.83. The highest BCUT2D eigenvalue weighted by Gasteiger charge is 2.11. The van der Waals surface area contributed by atoms with Crippen LogP contribution in [0.15, 0.2) is 47.8 Å². The summed E-state index contributed by atoms with van der Waals surface area (Å²) in [6, 6.07) is 14.8. The van der Waals surface area contributed by atoms with Crippen molar-refractivity contribution in [2.45, 2.75) is 0 Å². The molecule has 0 N–H and O–H groups in total. The van der Waals surface area contributed by atoms with Crippen molar-refractivity contribution in [2.75, 3.05) is 0 Å². The van der Waals surface area contributed by atoms with Gasteiger partial charge in [-0.2, -0.15) is 5.26 Å². The highest BCUT2D eigenvalue weighted by atomic mass is 35.5. The second-order valence-electron chi connectivity index (χ2n) is 4.85. The second-order valence-corrected chi connectivity index (χ2v) is 6.96. The molecule has 0 spiro atoms. The number of rotatable bonds is 3. The number of nitrogens with zero attached hydrogens (tertiary/aromatic N) is 2. The molecule has 0 aliphatic carbocycles. The van der Waals surface area contributed by atoms with Crippen LogP contribution in [0.2, 0.25) is 15.1 Å². The first kappa shape index (κ1) is 17.0. The van der Waals surface area contributed by atoms with E-state index in [0.29, 0.717) is 31.2 Å². The lowest BCUT2D eigenvalue weighted by atomic mass is 10.1. The fourth-order valence-corrected chi connectivity index (χ4v) is 3.51. The molecule has 3 rings (SSSR count). The zero-order valence-corrected chi connectivity index (χ0v) is 15.2. The summed E-state index contributed by atoms with van der Waals surface area (Å²) in [7, 11) is 0. The van der Waals surface area contributed by atoms with E-state index in [1.807, 2.05) is 17.5 Å². The maximum Gasteiger partial charge on any atom is 0.134 e. The van der Waals surface area contributed by atoms with E-state index >= 15 is 0 Å². The molecule has 0 radical (unpaired) electrons. The molecule has 2 nitrogen and oxygen atoms in total. The van der Waals surface area contributed by atoms with Crippen LogP contribution >= 0.6 is 46.1 Å². The van der Waals surface area contributed by atoms with Gasteiger partial charge in [0.15, 0.2) is 0 Å². The van der Waals surface area contributed by atoms with Crippen LogP contribution in [0.1, 0.15) is 10.6 Å². The Balaban J connectivity index is 2.00. The minimum absolute atomic E-state index is 0.412. The van der Waals surface area contributed by atoms with E-state index in [4.69, 9.17) is 34.8 Å². The molecule has 0 saturated carbocycles.